The second-order valence-corrected chi connectivity index (χ2v) is 5.42. The predicted octanol–water partition coefficient (Wildman–Crippen LogP) is 2.96. The van der Waals surface area contributed by atoms with E-state index in [2.05, 4.69) is 19.9 Å². The van der Waals surface area contributed by atoms with Crippen LogP contribution in [0.3, 0.4) is 0 Å². The fourth-order valence-corrected chi connectivity index (χ4v) is 3.15. The molecule has 2 heterocycles. The minimum Gasteiger partial charge on any atom is -0.223 e. The van der Waals surface area contributed by atoms with Crippen molar-refractivity contribution in [2.24, 2.45) is 0 Å². The van der Waals surface area contributed by atoms with Crippen LogP contribution in [0.25, 0.3) is 44.6 Å². The third-order valence-corrected chi connectivity index (χ3v) is 4.15. The van der Waals surface area contributed by atoms with E-state index in [0.717, 1.165) is 33.3 Å². The minimum atomic E-state index is -0.0343. The van der Waals surface area contributed by atoms with Crippen LogP contribution in [-0.4, -0.2) is 19.9 Å². The molecule has 0 bridgehead atoms. The van der Waals surface area contributed by atoms with E-state index in [1.165, 1.54) is 0 Å². The average Bonchev–Trinajstić information content (AvgIpc) is 2.94. The van der Waals surface area contributed by atoms with Crippen LogP contribution < -0.4 is 0 Å². The molecule has 0 N–H and O–H groups in total. The van der Waals surface area contributed by atoms with Gasteiger partial charge in [0, 0.05) is 16.5 Å². The van der Waals surface area contributed by atoms with E-state index in [1.54, 1.807) is 0 Å². The molecule has 0 amide bonds. The summed E-state index contributed by atoms with van der Waals surface area (Å²) in [6.07, 6.45) is 0. The Morgan fingerprint density at radius 2 is 1.17 bits per heavy atom. The van der Waals surface area contributed by atoms with E-state index in [-0.39, 0.29) is 22.7 Å². The van der Waals surface area contributed by atoms with Crippen molar-refractivity contribution in [2.45, 2.75) is 0 Å². The summed E-state index contributed by atoms with van der Waals surface area (Å²) >= 11 is 0. The molecule has 5 rings (SSSR count). The first kappa shape index (κ1) is 12.6. The molecule has 2 aromatic heterocycles. The average molecular weight is 306 g/mol. The van der Waals surface area contributed by atoms with Gasteiger partial charge in [0.1, 0.15) is 12.1 Å². The van der Waals surface area contributed by atoms with Gasteiger partial charge in [-0.15, -0.1) is 0 Å². The molecule has 0 atom stereocenters. The van der Waals surface area contributed by atoms with E-state index < -0.39 is 0 Å². The zero-order valence-corrected chi connectivity index (χ0v) is 12.1. The van der Waals surface area contributed by atoms with Gasteiger partial charge in [-0.1, -0.05) is 36.4 Å². The number of hydrogen-bond donors (Lipinski definition) is 0. The van der Waals surface area contributed by atoms with Gasteiger partial charge in [0.2, 0.25) is 0 Å². The standard InChI is InChI=1S/C18H6N6/c19-7-12-13(8-20)22-18-17(21-12)23-15-10-5-1-3-9-4-2-6-11(14(9)10)16(15)24-18/h1-6H. The lowest BCUT2D eigenvalue weighted by molar-refractivity contribution is 1.12. The molecule has 2 aromatic carbocycles. The van der Waals surface area contributed by atoms with E-state index in [1.807, 2.05) is 48.5 Å². The minimum absolute atomic E-state index is 0.0343. The summed E-state index contributed by atoms with van der Waals surface area (Å²) in [4.78, 5) is 17.5. The molecule has 24 heavy (non-hydrogen) atoms. The van der Waals surface area contributed by atoms with Crippen LogP contribution in [0.5, 0.6) is 0 Å². The Morgan fingerprint density at radius 1 is 0.667 bits per heavy atom. The van der Waals surface area contributed by atoms with E-state index >= 15 is 0 Å². The molecular formula is C18H6N6. The number of rotatable bonds is 0. The van der Waals surface area contributed by atoms with Crippen molar-refractivity contribution in [3.05, 3.63) is 47.8 Å². The molecule has 1 aliphatic rings. The van der Waals surface area contributed by atoms with Crippen molar-refractivity contribution in [1.29, 1.82) is 10.5 Å². The maximum absolute atomic E-state index is 9.12. The summed E-state index contributed by atoms with van der Waals surface area (Å²) in [7, 11) is 0. The topological polar surface area (TPSA) is 99.1 Å². The van der Waals surface area contributed by atoms with Crippen molar-refractivity contribution >= 4 is 22.1 Å². The highest BCUT2D eigenvalue weighted by Gasteiger charge is 2.25. The SMILES string of the molecule is N#Cc1nc2nc3c(nc2nc1C#N)-c1cccc2cccc-3c12. The third kappa shape index (κ3) is 1.47. The van der Waals surface area contributed by atoms with Gasteiger partial charge in [0.05, 0.1) is 11.4 Å². The first-order valence-corrected chi connectivity index (χ1v) is 7.22. The highest BCUT2D eigenvalue weighted by Crippen LogP contribution is 2.45. The molecule has 0 aliphatic heterocycles. The Labute approximate surface area is 135 Å². The Kier molecular flexibility index (Phi) is 2.27. The van der Waals surface area contributed by atoms with Gasteiger partial charge in [-0.05, 0) is 5.39 Å². The maximum atomic E-state index is 9.12. The number of aromatic nitrogens is 4. The van der Waals surface area contributed by atoms with E-state index in [9.17, 15) is 0 Å². The van der Waals surface area contributed by atoms with Crippen molar-refractivity contribution in [3.8, 4) is 34.7 Å². The fraction of sp³-hybridized carbons (Fsp3) is 0. The first-order chi connectivity index (χ1) is 11.8. The summed E-state index contributed by atoms with van der Waals surface area (Å²) in [5.74, 6) is 0. The summed E-state index contributed by atoms with van der Waals surface area (Å²) < 4.78 is 0. The second kappa shape index (κ2) is 4.31. The number of hydrogen-bond acceptors (Lipinski definition) is 6. The van der Waals surface area contributed by atoms with E-state index in [0.29, 0.717) is 0 Å². The molecule has 1 aliphatic carbocycles. The molecule has 0 saturated carbocycles. The molecule has 0 saturated heterocycles. The number of nitriles is 2. The molecule has 108 valence electrons. The summed E-state index contributed by atoms with van der Waals surface area (Å²) in [6.45, 7) is 0. The largest absolute Gasteiger partial charge is 0.223 e. The molecule has 0 radical (unpaired) electrons. The highest BCUT2D eigenvalue weighted by atomic mass is 15.0. The number of fused-ring (bicyclic) bond motifs is 4. The summed E-state index contributed by atoms with van der Waals surface area (Å²) in [5, 5.41) is 20.5. The lowest BCUT2D eigenvalue weighted by Gasteiger charge is -2.03. The monoisotopic (exact) mass is 306 g/mol. The van der Waals surface area contributed by atoms with Crippen molar-refractivity contribution in [3.63, 3.8) is 0 Å². The van der Waals surface area contributed by atoms with Crippen LogP contribution in [0, 0.1) is 22.7 Å². The van der Waals surface area contributed by atoms with Gasteiger partial charge < -0.3 is 0 Å². The molecule has 0 unspecified atom stereocenters. The fourth-order valence-electron chi connectivity index (χ4n) is 3.15. The van der Waals surface area contributed by atoms with Crippen molar-refractivity contribution < 1.29 is 0 Å². The van der Waals surface area contributed by atoms with Crippen LogP contribution in [0.4, 0.5) is 0 Å². The van der Waals surface area contributed by atoms with Crippen LogP contribution in [0.15, 0.2) is 36.4 Å². The quantitative estimate of drug-likeness (QED) is 0.436. The molecule has 6 nitrogen and oxygen atoms in total. The molecule has 0 fully saturated rings. The van der Waals surface area contributed by atoms with Gasteiger partial charge in [-0.3, -0.25) is 0 Å². The third-order valence-electron chi connectivity index (χ3n) is 4.15. The van der Waals surface area contributed by atoms with Crippen LogP contribution in [0.1, 0.15) is 11.4 Å². The molecule has 0 spiro atoms. The Bertz CT molecular complexity index is 1180. The van der Waals surface area contributed by atoms with Crippen LogP contribution in [0.2, 0.25) is 0 Å². The zero-order valence-electron chi connectivity index (χ0n) is 12.1. The zero-order chi connectivity index (χ0) is 16.3. The number of nitrogens with zero attached hydrogens (tertiary/aromatic N) is 6. The predicted molar refractivity (Wildman–Crippen MR) is 86.5 cm³/mol. The summed E-state index contributed by atoms with van der Waals surface area (Å²) in [6, 6.07) is 15.8. The van der Waals surface area contributed by atoms with E-state index in [4.69, 9.17) is 10.5 Å². The van der Waals surface area contributed by atoms with Crippen molar-refractivity contribution in [1.82, 2.24) is 19.9 Å². The first-order valence-electron chi connectivity index (χ1n) is 7.22. The van der Waals surface area contributed by atoms with Crippen LogP contribution >= 0.6 is 0 Å². The van der Waals surface area contributed by atoms with Gasteiger partial charge in [-0.2, -0.15) is 10.5 Å². The lowest BCUT2D eigenvalue weighted by atomic mass is 10.0. The molecular weight excluding hydrogens is 300 g/mol. The second-order valence-electron chi connectivity index (χ2n) is 5.42. The number of benzene rings is 2. The maximum Gasteiger partial charge on any atom is 0.199 e. The van der Waals surface area contributed by atoms with Gasteiger partial charge >= 0.3 is 0 Å². The molecule has 4 aromatic rings. The normalized spacial score (nSPS) is 11.2. The van der Waals surface area contributed by atoms with Crippen molar-refractivity contribution in [2.75, 3.05) is 0 Å². The van der Waals surface area contributed by atoms with Crippen LogP contribution in [-0.2, 0) is 0 Å². The van der Waals surface area contributed by atoms with Gasteiger partial charge in [-0.25, -0.2) is 19.9 Å². The molecule has 6 heteroatoms. The Morgan fingerprint density at radius 3 is 1.62 bits per heavy atom. The lowest BCUT2D eigenvalue weighted by Crippen LogP contribution is -2.01. The highest BCUT2D eigenvalue weighted by molar-refractivity contribution is 6.13. The summed E-state index contributed by atoms with van der Waals surface area (Å²) in [5.41, 5.74) is 3.94. The van der Waals surface area contributed by atoms with Gasteiger partial charge in [0.15, 0.2) is 22.7 Å². The smallest absolute Gasteiger partial charge is 0.199 e. The Hall–Kier alpha value is -3.90. The van der Waals surface area contributed by atoms with Gasteiger partial charge in [0.25, 0.3) is 0 Å². The Balaban J connectivity index is 1.93.